The van der Waals surface area contributed by atoms with E-state index in [1.54, 1.807) is 0 Å². The van der Waals surface area contributed by atoms with Crippen LogP contribution in [0.5, 0.6) is 0 Å². The van der Waals surface area contributed by atoms with Gasteiger partial charge in [-0.3, -0.25) is 4.68 Å². The number of hydrogen-bond acceptors (Lipinski definition) is 1. The summed E-state index contributed by atoms with van der Waals surface area (Å²) in [7, 11) is 0. The highest BCUT2D eigenvalue weighted by atomic mass is 15.3. The lowest BCUT2D eigenvalue weighted by Crippen LogP contribution is -2.00. The SMILES string of the molecule is Cc1cnn(Cc2ccc(Cc3cc4ccccc4[nH]3)cc2)c1. The van der Waals surface area contributed by atoms with Gasteiger partial charge in [-0.25, -0.2) is 0 Å². The van der Waals surface area contributed by atoms with Crippen molar-refractivity contribution in [2.24, 2.45) is 0 Å². The van der Waals surface area contributed by atoms with Crippen LogP contribution in [0.3, 0.4) is 0 Å². The minimum Gasteiger partial charge on any atom is -0.358 e. The van der Waals surface area contributed by atoms with Crippen molar-refractivity contribution in [3.8, 4) is 0 Å². The molecule has 0 aliphatic rings. The van der Waals surface area contributed by atoms with E-state index in [-0.39, 0.29) is 0 Å². The van der Waals surface area contributed by atoms with Gasteiger partial charge >= 0.3 is 0 Å². The molecular formula is C20H19N3. The molecule has 0 bridgehead atoms. The van der Waals surface area contributed by atoms with Crippen molar-refractivity contribution < 1.29 is 0 Å². The Labute approximate surface area is 135 Å². The number of para-hydroxylation sites is 1. The van der Waals surface area contributed by atoms with Gasteiger partial charge < -0.3 is 4.98 Å². The van der Waals surface area contributed by atoms with Crippen molar-refractivity contribution in [1.82, 2.24) is 14.8 Å². The van der Waals surface area contributed by atoms with Gasteiger partial charge in [0, 0.05) is 23.8 Å². The highest BCUT2D eigenvalue weighted by Crippen LogP contribution is 2.18. The van der Waals surface area contributed by atoms with Gasteiger partial charge in [-0.15, -0.1) is 0 Å². The van der Waals surface area contributed by atoms with Crippen molar-refractivity contribution in [1.29, 1.82) is 0 Å². The molecule has 2 aromatic heterocycles. The molecule has 0 aliphatic carbocycles. The quantitative estimate of drug-likeness (QED) is 0.598. The Morgan fingerprint density at radius 1 is 1.00 bits per heavy atom. The number of H-pyrrole nitrogens is 1. The zero-order chi connectivity index (χ0) is 15.6. The number of nitrogens with zero attached hydrogens (tertiary/aromatic N) is 2. The molecule has 0 atom stereocenters. The minimum absolute atomic E-state index is 0.820. The molecule has 1 N–H and O–H groups in total. The predicted octanol–water partition coefficient (Wildman–Crippen LogP) is 4.31. The summed E-state index contributed by atoms with van der Waals surface area (Å²) < 4.78 is 1.97. The van der Waals surface area contributed by atoms with Gasteiger partial charge in [0.2, 0.25) is 0 Å². The third-order valence-electron chi connectivity index (χ3n) is 4.11. The number of hydrogen-bond donors (Lipinski definition) is 1. The summed E-state index contributed by atoms with van der Waals surface area (Å²) in [6.45, 7) is 2.88. The van der Waals surface area contributed by atoms with Gasteiger partial charge in [-0.2, -0.15) is 5.10 Å². The fraction of sp³-hybridized carbons (Fsp3) is 0.150. The van der Waals surface area contributed by atoms with Crippen molar-refractivity contribution in [2.45, 2.75) is 19.9 Å². The summed E-state index contributed by atoms with van der Waals surface area (Å²) in [6, 6.07) is 19.4. The smallest absolute Gasteiger partial charge is 0.0659 e. The number of rotatable bonds is 4. The maximum Gasteiger partial charge on any atom is 0.0659 e. The van der Waals surface area contributed by atoms with Crippen LogP contribution in [0.25, 0.3) is 10.9 Å². The molecule has 0 spiro atoms. The van der Waals surface area contributed by atoms with E-state index < -0.39 is 0 Å². The molecule has 3 heteroatoms. The molecule has 114 valence electrons. The lowest BCUT2D eigenvalue weighted by molar-refractivity contribution is 0.686. The first-order valence-corrected chi connectivity index (χ1v) is 7.90. The first kappa shape index (κ1) is 13.8. The van der Waals surface area contributed by atoms with Gasteiger partial charge in [-0.1, -0.05) is 42.5 Å². The summed E-state index contributed by atoms with van der Waals surface area (Å²) in [5, 5.41) is 5.61. The summed E-state index contributed by atoms with van der Waals surface area (Å²) in [5.41, 5.74) is 6.24. The van der Waals surface area contributed by atoms with E-state index in [1.165, 1.54) is 33.3 Å². The second-order valence-electron chi connectivity index (χ2n) is 6.09. The van der Waals surface area contributed by atoms with Crippen LogP contribution in [0.1, 0.15) is 22.4 Å². The molecule has 0 unspecified atom stereocenters. The van der Waals surface area contributed by atoms with Crippen molar-refractivity contribution in [3.63, 3.8) is 0 Å². The second-order valence-corrected chi connectivity index (χ2v) is 6.09. The zero-order valence-electron chi connectivity index (χ0n) is 13.2. The van der Waals surface area contributed by atoms with E-state index in [0.29, 0.717) is 0 Å². The van der Waals surface area contributed by atoms with Crippen LogP contribution in [-0.4, -0.2) is 14.8 Å². The number of aromatic nitrogens is 3. The standard InChI is InChI=1S/C20H19N3/c1-15-12-21-23(13-15)14-17-8-6-16(7-9-17)10-19-11-18-4-2-3-5-20(18)22-19/h2-9,11-13,22H,10,14H2,1H3. The van der Waals surface area contributed by atoms with Crippen LogP contribution in [0.15, 0.2) is 67.0 Å². The number of fused-ring (bicyclic) bond motifs is 1. The second kappa shape index (κ2) is 5.76. The average molecular weight is 301 g/mol. The third-order valence-corrected chi connectivity index (χ3v) is 4.11. The Morgan fingerprint density at radius 2 is 1.78 bits per heavy atom. The van der Waals surface area contributed by atoms with Gasteiger partial charge in [0.05, 0.1) is 12.7 Å². The van der Waals surface area contributed by atoms with Gasteiger partial charge in [0.1, 0.15) is 0 Å². The molecule has 0 fully saturated rings. The maximum absolute atomic E-state index is 4.34. The van der Waals surface area contributed by atoms with Crippen molar-refractivity contribution in [2.75, 3.05) is 0 Å². The monoisotopic (exact) mass is 301 g/mol. The highest BCUT2D eigenvalue weighted by Gasteiger charge is 2.02. The molecule has 4 rings (SSSR count). The number of benzene rings is 2. The van der Waals surface area contributed by atoms with E-state index in [1.807, 2.05) is 10.9 Å². The minimum atomic E-state index is 0.820. The molecule has 0 saturated heterocycles. The van der Waals surface area contributed by atoms with Crippen molar-refractivity contribution >= 4 is 10.9 Å². The normalized spacial score (nSPS) is 11.2. The first-order valence-electron chi connectivity index (χ1n) is 7.90. The average Bonchev–Trinajstić information content (AvgIpc) is 3.14. The van der Waals surface area contributed by atoms with E-state index >= 15 is 0 Å². The summed E-state index contributed by atoms with van der Waals surface area (Å²) in [4.78, 5) is 3.49. The van der Waals surface area contributed by atoms with Crippen LogP contribution in [0, 0.1) is 6.92 Å². The number of nitrogens with one attached hydrogen (secondary N) is 1. The Hall–Kier alpha value is -2.81. The fourth-order valence-electron chi connectivity index (χ4n) is 2.95. The maximum atomic E-state index is 4.34. The lowest BCUT2D eigenvalue weighted by atomic mass is 10.1. The largest absolute Gasteiger partial charge is 0.358 e. The highest BCUT2D eigenvalue weighted by molar-refractivity contribution is 5.80. The molecule has 2 aromatic carbocycles. The Balaban J connectivity index is 1.49. The molecule has 0 radical (unpaired) electrons. The molecule has 0 saturated carbocycles. The molecule has 0 amide bonds. The van der Waals surface area contributed by atoms with E-state index in [2.05, 4.69) is 77.8 Å². The summed E-state index contributed by atoms with van der Waals surface area (Å²) in [6.07, 6.45) is 4.89. The van der Waals surface area contributed by atoms with Gasteiger partial charge in [0.15, 0.2) is 0 Å². The topological polar surface area (TPSA) is 33.6 Å². The Bertz CT molecular complexity index is 896. The zero-order valence-corrected chi connectivity index (χ0v) is 13.2. The summed E-state index contributed by atoms with van der Waals surface area (Å²) in [5.74, 6) is 0. The van der Waals surface area contributed by atoms with E-state index in [9.17, 15) is 0 Å². The molecular weight excluding hydrogens is 282 g/mol. The Kier molecular flexibility index (Phi) is 3.46. The van der Waals surface area contributed by atoms with Gasteiger partial charge in [-0.05, 0) is 41.1 Å². The third kappa shape index (κ3) is 3.04. The molecule has 23 heavy (non-hydrogen) atoms. The van der Waals surface area contributed by atoms with Crippen LogP contribution in [-0.2, 0) is 13.0 Å². The lowest BCUT2D eigenvalue weighted by Gasteiger charge is -2.04. The molecule has 4 aromatic rings. The summed E-state index contributed by atoms with van der Waals surface area (Å²) >= 11 is 0. The molecule has 3 nitrogen and oxygen atoms in total. The van der Waals surface area contributed by atoms with Crippen LogP contribution < -0.4 is 0 Å². The van der Waals surface area contributed by atoms with Crippen LogP contribution in [0.4, 0.5) is 0 Å². The fourth-order valence-corrected chi connectivity index (χ4v) is 2.95. The van der Waals surface area contributed by atoms with Crippen LogP contribution in [0.2, 0.25) is 0 Å². The van der Waals surface area contributed by atoms with E-state index in [0.717, 1.165) is 13.0 Å². The molecule has 2 heterocycles. The number of aryl methyl sites for hydroxylation is 1. The first-order chi connectivity index (χ1) is 11.3. The van der Waals surface area contributed by atoms with Crippen molar-refractivity contribution in [3.05, 3.63) is 89.4 Å². The molecule has 0 aliphatic heterocycles. The van der Waals surface area contributed by atoms with E-state index in [4.69, 9.17) is 0 Å². The number of aromatic amines is 1. The van der Waals surface area contributed by atoms with Crippen LogP contribution >= 0.6 is 0 Å². The predicted molar refractivity (Wildman–Crippen MR) is 93.6 cm³/mol. The Morgan fingerprint density at radius 3 is 2.52 bits per heavy atom. The van der Waals surface area contributed by atoms with Gasteiger partial charge in [0.25, 0.3) is 0 Å².